The van der Waals surface area contributed by atoms with Gasteiger partial charge in [0, 0.05) is 32.1 Å². The molecular weight excluding hydrogens is 190 g/mol. The lowest BCUT2D eigenvalue weighted by Crippen LogP contribution is -2.33. The molecule has 0 aliphatic heterocycles. The lowest BCUT2D eigenvalue weighted by molar-refractivity contribution is 0.195. The molecule has 0 amide bonds. The first-order valence-electron chi connectivity index (χ1n) is 5.23. The third-order valence-electron chi connectivity index (χ3n) is 2.63. The number of hydrogen-bond acceptors (Lipinski definition) is 4. The van der Waals surface area contributed by atoms with E-state index in [1.165, 1.54) is 0 Å². The van der Waals surface area contributed by atoms with Crippen LogP contribution in [0, 0.1) is 0 Å². The number of nitrogens with zero attached hydrogens (tertiary/aromatic N) is 2. The van der Waals surface area contributed by atoms with Crippen LogP contribution >= 0.6 is 0 Å². The summed E-state index contributed by atoms with van der Waals surface area (Å²) in [6, 6.07) is 0.395. The summed E-state index contributed by atoms with van der Waals surface area (Å²) in [7, 11) is 1.71. The van der Waals surface area contributed by atoms with Crippen LogP contribution in [-0.4, -0.2) is 36.3 Å². The van der Waals surface area contributed by atoms with Gasteiger partial charge in [-0.15, -0.1) is 0 Å². The Kier molecular flexibility index (Phi) is 5.21. The van der Waals surface area contributed by atoms with Crippen molar-refractivity contribution >= 4 is 0 Å². The summed E-state index contributed by atoms with van der Waals surface area (Å²) in [6.45, 7) is 5.94. The van der Waals surface area contributed by atoms with Gasteiger partial charge in [0.25, 0.3) is 0 Å². The number of methoxy groups -OCH3 is 1. The highest BCUT2D eigenvalue weighted by atomic mass is 16.5. The quantitative estimate of drug-likeness (QED) is 0.715. The zero-order valence-electron chi connectivity index (χ0n) is 9.60. The fourth-order valence-electron chi connectivity index (χ4n) is 1.40. The van der Waals surface area contributed by atoms with Crippen LogP contribution in [0.1, 0.15) is 25.3 Å². The molecule has 1 rings (SSSR count). The summed E-state index contributed by atoms with van der Waals surface area (Å²) in [6.07, 6.45) is 5.29. The van der Waals surface area contributed by atoms with Crippen LogP contribution in [0.3, 0.4) is 0 Å². The number of hydrogen-bond donors (Lipinski definition) is 1. The van der Waals surface area contributed by atoms with Gasteiger partial charge >= 0.3 is 0 Å². The number of rotatable bonds is 6. The number of nitrogens with one attached hydrogen (secondary N) is 1. The zero-order chi connectivity index (χ0) is 11.1. The summed E-state index contributed by atoms with van der Waals surface area (Å²) >= 11 is 0. The normalized spacial score (nSPS) is 14.9. The van der Waals surface area contributed by atoms with E-state index in [1.807, 2.05) is 12.4 Å². The van der Waals surface area contributed by atoms with Crippen LogP contribution in [0.15, 0.2) is 18.7 Å². The predicted octanol–water partition coefficient (Wildman–Crippen LogP) is 1.20. The second-order valence-electron chi connectivity index (χ2n) is 3.70. The maximum absolute atomic E-state index is 4.99. The third-order valence-corrected chi connectivity index (χ3v) is 2.63. The molecule has 0 radical (unpaired) electrons. The SMILES string of the molecule is COCCNC(C)C(C)c1cncnc1. The molecule has 0 bridgehead atoms. The fourth-order valence-corrected chi connectivity index (χ4v) is 1.40. The van der Waals surface area contributed by atoms with Gasteiger partial charge in [-0.3, -0.25) is 0 Å². The van der Waals surface area contributed by atoms with Gasteiger partial charge < -0.3 is 10.1 Å². The Bertz CT molecular complexity index is 266. The molecule has 0 aliphatic rings. The Balaban J connectivity index is 2.42. The summed E-state index contributed by atoms with van der Waals surface area (Å²) in [5.41, 5.74) is 1.16. The number of ether oxygens (including phenoxy) is 1. The van der Waals surface area contributed by atoms with Crippen LogP contribution in [-0.2, 0) is 4.74 Å². The molecule has 1 aromatic heterocycles. The molecule has 4 heteroatoms. The van der Waals surface area contributed by atoms with Gasteiger partial charge in [0.2, 0.25) is 0 Å². The highest BCUT2D eigenvalue weighted by Gasteiger charge is 2.13. The summed E-state index contributed by atoms with van der Waals surface area (Å²) < 4.78 is 4.99. The molecule has 0 fully saturated rings. The van der Waals surface area contributed by atoms with Gasteiger partial charge in [0.1, 0.15) is 6.33 Å². The molecule has 4 nitrogen and oxygen atoms in total. The molecule has 0 aliphatic carbocycles. The van der Waals surface area contributed by atoms with Crippen molar-refractivity contribution in [3.8, 4) is 0 Å². The molecule has 1 heterocycles. The lowest BCUT2D eigenvalue weighted by atomic mass is 9.97. The van der Waals surface area contributed by atoms with Crippen molar-refractivity contribution in [1.82, 2.24) is 15.3 Å². The molecule has 2 unspecified atom stereocenters. The van der Waals surface area contributed by atoms with Crippen molar-refractivity contribution < 1.29 is 4.74 Å². The van der Waals surface area contributed by atoms with E-state index in [9.17, 15) is 0 Å². The molecule has 1 N–H and O–H groups in total. The van der Waals surface area contributed by atoms with E-state index in [1.54, 1.807) is 13.4 Å². The second kappa shape index (κ2) is 6.48. The smallest absolute Gasteiger partial charge is 0.115 e. The van der Waals surface area contributed by atoms with E-state index >= 15 is 0 Å². The average Bonchev–Trinajstić information content (AvgIpc) is 2.29. The first-order valence-corrected chi connectivity index (χ1v) is 5.23. The Morgan fingerprint density at radius 1 is 1.33 bits per heavy atom. The first-order chi connectivity index (χ1) is 7.25. The van der Waals surface area contributed by atoms with E-state index in [0.717, 1.165) is 18.7 Å². The highest BCUT2D eigenvalue weighted by molar-refractivity contribution is 5.11. The van der Waals surface area contributed by atoms with Crippen LogP contribution in [0.25, 0.3) is 0 Å². The van der Waals surface area contributed by atoms with Gasteiger partial charge in [-0.05, 0) is 18.4 Å². The van der Waals surface area contributed by atoms with Crippen molar-refractivity contribution in [1.29, 1.82) is 0 Å². The van der Waals surface area contributed by atoms with Gasteiger partial charge in [-0.1, -0.05) is 6.92 Å². The van der Waals surface area contributed by atoms with Crippen LogP contribution in [0.2, 0.25) is 0 Å². The predicted molar refractivity (Wildman–Crippen MR) is 59.8 cm³/mol. The molecule has 0 aromatic carbocycles. The highest BCUT2D eigenvalue weighted by Crippen LogP contribution is 2.16. The molecule has 1 aromatic rings. The molecule has 2 atom stereocenters. The summed E-state index contributed by atoms with van der Waals surface area (Å²) in [4.78, 5) is 8.04. The molecule has 84 valence electrons. The Hall–Kier alpha value is -1.00. The van der Waals surface area contributed by atoms with Crippen molar-refractivity contribution in [2.75, 3.05) is 20.3 Å². The third kappa shape index (κ3) is 3.93. The molecule has 0 saturated carbocycles. The van der Waals surface area contributed by atoms with E-state index < -0.39 is 0 Å². The lowest BCUT2D eigenvalue weighted by Gasteiger charge is -2.20. The Morgan fingerprint density at radius 2 is 2.00 bits per heavy atom. The monoisotopic (exact) mass is 209 g/mol. The van der Waals surface area contributed by atoms with E-state index in [2.05, 4.69) is 29.1 Å². The molecule has 0 saturated heterocycles. The standard InChI is InChI=1S/C11H19N3O/c1-9(10(2)14-4-5-15-3)11-6-12-8-13-7-11/h6-10,14H,4-5H2,1-3H3. The molecular formula is C11H19N3O. The maximum Gasteiger partial charge on any atom is 0.115 e. The minimum Gasteiger partial charge on any atom is -0.383 e. The van der Waals surface area contributed by atoms with Crippen molar-refractivity contribution in [2.24, 2.45) is 0 Å². The summed E-state index contributed by atoms with van der Waals surface area (Å²) in [5, 5.41) is 3.40. The van der Waals surface area contributed by atoms with Crippen molar-refractivity contribution in [2.45, 2.75) is 25.8 Å². The molecule has 0 spiro atoms. The van der Waals surface area contributed by atoms with Crippen molar-refractivity contribution in [3.05, 3.63) is 24.3 Å². The van der Waals surface area contributed by atoms with Gasteiger partial charge in [0.15, 0.2) is 0 Å². The van der Waals surface area contributed by atoms with Crippen molar-refractivity contribution in [3.63, 3.8) is 0 Å². The van der Waals surface area contributed by atoms with Crippen LogP contribution in [0.4, 0.5) is 0 Å². The fraction of sp³-hybridized carbons (Fsp3) is 0.636. The number of aromatic nitrogens is 2. The van der Waals surface area contributed by atoms with E-state index in [-0.39, 0.29) is 0 Å². The molecule has 15 heavy (non-hydrogen) atoms. The van der Waals surface area contributed by atoms with Gasteiger partial charge in [0.05, 0.1) is 6.61 Å². The maximum atomic E-state index is 4.99. The zero-order valence-corrected chi connectivity index (χ0v) is 9.60. The largest absolute Gasteiger partial charge is 0.383 e. The van der Waals surface area contributed by atoms with Gasteiger partial charge in [-0.2, -0.15) is 0 Å². The van der Waals surface area contributed by atoms with Gasteiger partial charge in [-0.25, -0.2) is 9.97 Å². The first kappa shape index (κ1) is 12.1. The average molecular weight is 209 g/mol. The van der Waals surface area contributed by atoms with E-state index in [4.69, 9.17) is 4.74 Å². The minimum absolute atomic E-state index is 0.395. The minimum atomic E-state index is 0.395. The Morgan fingerprint density at radius 3 is 2.60 bits per heavy atom. The topological polar surface area (TPSA) is 47.0 Å². The van der Waals surface area contributed by atoms with E-state index in [0.29, 0.717) is 12.0 Å². The second-order valence-corrected chi connectivity index (χ2v) is 3.70. The Labute approximate surface area is 91.1 Å². The summed E-state index contributed by atoms with van der Waals surface area (Å²) in [5.74, 6) is 0.406. The van der Waals surface area contributed by atoms with Crippen LogP contribution < -0.4 is 5.32 Å². The van der Waals surface area contributed by atoms with Crippen LogP contribution in [0.5, 0.6) is 0 Å².